The van der Waals surface area contributed by atoms with E-state index in [1.54, 1.807) is 6.92 Å². The molecule has 0 aliphatic carbocycles. The van der Waals surface area contributed by atoms with Crippen molar-refractivity contribution in [2.24, 2.45) is 0 Å². The van der Waals surface area contributed by atoms with Crippen LogP contribution in [0, 0.1) is 0 Å². The molecule has 0 radical (unpaired) electrons. The molecule has 0 saturated heterocycles. The van der Waals surface area contributed by atoms with E-state index in [1.165, 1.54) is 0 Å². The Morgan fingerprint density at radius 1 is 1.35 bits per heavy atom. The van der Waals surface area contributed by atoms with Gasteiger partial charge in [-0.05, 0) is 24.5 Å². The number of nitrogens with one attached hydrogen (secondary N) is 1. The Bertz CT molecular complexity index is 458. The minimum atomic E-state index is -0.0332. The zero-order valence-corrected chi connectivity index (χ0v) is 10.9. The lowest BCUT2D eigenvalue weighted by atomic mass is 9.84. The standard InChI is InChI=1S/C14H19NO2/c1-9(16)10-7-11(14(2,3)4)13-12(8-10)15-5-6-17-13/h7-8,15H,5-6H2,1-4H3. The van der Waals surface area contributed by atoms with Crippen LogP contribution in [0.1, 0.15) is 43.6 Å². The number of Topliss-reactive ketones (excluding diaryl/α,β-unsaturated/α-hetero) is 1. The van der Waals surface area contributed by atoms with Crippen LogP contribution in [0.2, 0.25) is 0 Å². The number of benzene rings is 1. The number of carbonyl (C=O) groups is 1. The summed E-state index contributed by atoms with van der Waals surface area (Å²) >= 11 is 0. The third kappa shape index (κ3) is 2.28. The molecule has 92 valence electrons. The van der Waals surface area contributed by atoms with Gasteiger partial charge in [-0.3, -0.25) is 4.79 Å². The molecule has 1 aliphatic rings. The van der Waals surface area contributed by atoms with Gasteiger partial charge in [0.15, 0.2) is 5.78 Å². The topological polar surface area (TPSA) is 38.3 Å². The molecule has 0 unspecified atom stereocenters. The summed E-state index contributed by atoms with van der Waals surface area (Å²) in [5.74, 6) is 0.986. The van der Waals surface area contributed by atoms with E-state index in [0.29, 0.717) is 6.61 Å². The highest BCUT2D eigenvalue weighted by atomic mass is 16.5. The second-order valence-corrected chi connectivity index (χ2v) is 5.48. The van der Waals surface area contributed by atoms with E-state index in [4.69, 9.17) is 4.74 Å². The second kappa shape index (κ2) is 4.06. The Hall–Kier alpha value is -1.51. The van der Waals surface area contributed by atoms with Gasteiger partial charge >= 0.3 is 0 Å². The van der Waals surface area contributed by atoms with Crippen LogP contribution in [0.5, 0.6) is 5.75 Å². The van der Waals surface area contributed by atoms with Crippen molar-refractivity contribution >= 4 is 11.5 Å². The van der Waals surface area contributed by atoms with Crippen LogP contribution in [0.3, 0.4) is 0 Å². The van der Waals surface area contributed by atoms with Crippen LogP contribution in [-0.2, 0) is 5.41 Å². The van der Waals surface area contributed by atoms with E-state index < -0.39 is 0 Å². The first-order valence-electron chi connectivity index (χ1n) is 5.96. The van der Waals surface area contributed by atoms with Crippen molar-refractivity contribution < 1.29 is 9.53 Å². The lowest BCUT2D eigenvalue weighted by molar-refractivity contribution is 0.101. The SMILES string of the molecule is CC(=O)c1cc2c(c(C(C)(C)C)c1)OCCN2. The molecule has 1 heterocycles. The maximum atomic E-state index is 11.5. The Morgan fingerprint density at radius 2 is 2.06 bits per heavy atom. The average Bonchev–Trinajstić information content (AvgIpc) is 2.26. The minimum absolute atomic E-state index is 0.0332. The van der Waals surface area contributed by atoms with Crippen LogP contribution < -0.4 is 10.1 Å². The molecule has 1 aromatic carbocycles. The molecule has 0 saturated carbocycles. The van der Waals surface area contributed by atoms with Gasteiger partial charge in [-0.2, -0.15) is 0 Å². The van der Waals surface area contributed by atoms with E-state index in [0.717, 1.165) is 29.1 Å². The lowest BCUT2D eigenvalue weighted by Crippen LogP contribution is -2.23. The van der Waals surface area contributed by atoms with Gasteiger partial charge in [-0.25, -0.2) is 0 Å². The maximum Gasteiger partial charge on any atom is 0.159 e. The number of hydrogen-bond donors (Lipinski definition) is 1. The molecular weight excluding hydrogens is 214 g/mol. The predicted molar refractivity (Wildman–Crippen MR) is 69.1 cm³/mol. The summed E-state index contributed by atoms with van der Waals surface area (Å²) in [7, 11) is 0. The average molecular weight is 233 g/mol. The summed E-state index contributed by atoms with van der Waals surface area (Å²) in [6.07, 6.45) is 0. The Kier molecular flexibility index (Phi) is 2.86. The second-order valence-electron chi connectivity index (χ2n) is 5.48. The number of carbonyl (C=O) groups excluding carboxylic acids is 1. The highest BCUT2D eigenvalue weighted by Crippen LogP contribution is 2.39. The highest BCUT2D eigenvalue weighted by Gasteiger charge is 2.25. The lowest BCUT2D eigenvalue weighted by Gasteiger charge is -2.28. The number of ketones is 1. The van der Waals surface area contributed by atoms with Gasteiger partial charge in [0.25, 0.3) is 0 Å². The van der Waals surface area contributed by atoms with Crippen LogP contribution in [-0.4, -0.2) is 18.9 Å². The number of fused-ring (bicyclic) bond motifs is 1. The van der Waals surface area contributed by atoms with Gasteiger partial charge in [0, 0.05) is 17.7 Å². The van der Waals surface area contributed by atoms with Gasteiger partial charge in [0.1, 0.15) is 12.4 Å². The first kappa shape index (κ1) is 12.0. The fourth-order valence-corrected chi connectivity index (χ4v) is 2.01. The van der Waals surface area contributed by atoms with E-state index >= 15 is 0 Å². The number of hydrogen-bond acceptors (Lipinski definition) is 3. The molecule has 0 atom stereocenters. The van der Waals surface area contributed by atoms with Crippen molar-refractivity contribution in [3.8, 4) is 5.75 Å². The summed E-state index contributed by atoms with van der Waals surface area (Å²) in [6.45, 7) is 9.45. The maximum absolute atomic E-state index is 11.5. The molecule has 3 nitrogen and oxygen atoms in total. The van der Waals surface area contributed by atoms with Gasteiger partial charge in [-0.15, -0.1) is 0 Å². The van der Waals surface area contributed by atoms with Crippen molar-refractivity contribution in [3.63, 3.8) is 0 Å². The van der Waals surface area contributed by atoms with Gasteiger partial charge in [0.2, 0.25) is 0 Å². The molecule has 2 rings (SSSR count). The summed E-state index contributed by atoms with van der Waals surface area (Å²) in [4.78, 5) is 11.5. The Balaban J connectivity index is 2.62. The van der Waals surface area contributed by atoms with Crippen molar-refractivity contribution in [2.45, 2.75) is 33.1 Å². The molecule has 0 aromatic heterocycles. The monoisotopic (exact) mass is 233 g/mol. The smallest absolute Gasteiger partial charge is 0.159 e. The molecule has 1 aromatic rings. The normalized spacial score (nSPS) is 14.6. The molecule has 1 aliphatic heterocycles. The fourth-order valence-electron chi connectivity index (χ4n) is 2.01. The zero-order valence-electron chi connectivity index (χ0n) is 10.9. The first-order chi connectivity index (χ1) is 7.89. The summed E-state index contributed by atoms with van der Waals surface area (Å²) < 4.78 is 5.74. The minimum Gasteiger partial charge on any atom is -0.489 e. The molecule has 0 bridgehead atoms. The molecular formula is C14H19NO2. The molecule has 0 spiro atoms. The van der Waals surface area contributed by atoms with E-state index in [1.807, 2.05) is 12.1 Å². The molecule has 0 fully saturated rings. The Morgan fingerprint density at radius 3 is 2.65 bits per heavy atom. The number of anilines is 1. The number of rotatable bonds is 1. The van der Waals surface area contributed by atoms with Crippen LogP contribution >= 0.6 is 0 Å². The molecule has 1 N–H and O–H groups in total. The number of ether oxygens (including phenoxy) is 1. The third-order valence-corrected chi connectivity index (χ3v) is 2.97. The van der Waals surface area contributed by atoms with Crippen LogP contribution in [0.15, 0.2) is 12.1 Å². The third-order valence-electron chi connectivity index (χ3n) is 2.97. The first-order valence-corrected chi connectivity index (χ1v) is 5.96. The quantitative estimate of drug-likeness (QED) is 0.758. The summed E-state index contributed by atoms with van der Waals surface area (Å²) in [5.41, 5.74) is 2.74. The molecule has 3 heteroatoms. The van der Waals surface area contributed by atoms with E-state index in [-0.39, 0.29) is 11.2 Å². The van der Waals surface area contributed by atoms with Crippen LogP contribution in [0.4, 0.5) is 5.69 Å². The fraction of sp³-hybridized carbons (Fsp3) is 0.500. The van der Waals surface area contributed by atoms with Crippen molar-refractivity contribution in [1.29, 1.82) is 0 Å². The van der Waals surface area contributed by atoms with E-state index in [9.17, 15) is 4.79 Å². The molecule has 0 amide bonds. The van der Waals surface area contributed by atoms with Crippen molar-refractivity contribution in [3.05, 3.63) is 23.3 Å². The van der Waals surface area contributed by atoms with Gasteiger partial charge in [-0.1, -0.05) is 20.8 Å². The van der Waals surface area contributed by atoms with Gasteiger partial charge < -0.3 is 10.1 Å². The zero-order chi connectivity index (χ0) is 12.6. The Labute approximate surface area is 102 Å². The summed E-state index contributed by atoms with van der Waals surface area (Å²) in [6, 6.07) is 3.83. The largest absolute Gasteiger partial charge is 0.489 e. The van der Waals surface area contributed by atoms with Crippen LogP contribution in [0.25, 0.3) is 0 Å². The van der Waals surface area contributed by atoms with Gasteiger partial charge in [0.05, 0.1) is 5.69 Å². The van der Waals surface area contributed by atoms with E-state index in [2.05, 4.69) is 26.1 Å². The predicted octanol–water partition coefficient (Wildman–Crippen LogP) is 2.99. The van der Waals surface area contributed by atoms with Crippen molar-refractivity contribution in [2.75, 3.05) is 18.5 Å². The molecule has 17 heavy (non-hydrogen) atoms. The summed E-state index contributed by atoms with van der Waals surface area (Å²) in [5, 5.41) is 3.29. The highest BCUT2D eigenvalue weighted by molar-refractivity contribution is 5.96. The van der Waals surface area contributed by atoms with Crippen molar-refractivity contribution in [1.82, 2.24) is 0 Å².